The largest absolute Gasteiger partial charge is 0.302 e. The van der Waals surface area contributed by atoms with Crippen molar-refractivity contribution in [2.45, 2.75) is 26.8 Å². The van der Waals surface area contributed by atoms with Gasteiger partial charge < -0.3 is 5.32 Å². The van der Waals surface area contributed by atoms with Crippen LogP contribution in [0.5, 0.6) is 0 Å². The third kappa shape index (κ3) is 3.96. The van der Waals surface area contributed by atoms with Crippen molar-refractivity contribution < 1.29 is 9.18 Å². The molecule has 1 amide bonds. The lowest BCUT2D eigenvalue weighted by Gasteiger charge is -2.05. The average molecular weight is 429 g/mol. The number of benzene rings is 1. The molecule has 0 aliphatic carbocycles. The van der Waals surface area contributed by atoms with Crippen LogP contribution in [0.25, 0.3) is 21.5 Å². The summed E-state index contributed by atoms with van der Waals surface area (Å²) in [5, 5.41) is 5.63. The van der Waals surface area contributed by atoms with Crippen molar-refractivity contribution >= 4 is 43.9 Å². The molecule has 0 fully saturated rings. The number of carbonyl (C=O) groups excluding carboxylic acids is 1. The SMILES string of the molecule is Cc1sc2ncn(CCC(=O)Nc3nc(-c4ccc(F)cc4)cs3)c(=O)c2c1C. The van der Waals surface area contributed by atoms with Crippen LogP contribution in [-0.2, 0) is 11.3 Å². The highest BCUT2D eigenvalue weighted by molar-refractivity contribution is 7.18. The Labute approximate surface area is 173 Å². The standard InChI is InChI=1S/C20H17FN4O2S2/c1-11-12(2)29-18-17(11)19(27)25(10-22-18)8-7-16(26)24-20-23-15(9-28-20)13-3-5-14(21)6-4-13/h3-6,9-10H,7-8H2,1-2H3,(H,23,24,26). The number of hydrogen-bond donors (Lipinski definition) is 1. The minimum absolute atomic E-state index is 0.126. The Kier molecular flexibility index (Phi) is 5.25. The summed E-state index contributed by atoms with van der Waals surface area (Å²) in [5.41, 5.74) is 2.25. The molecule has 0 saturated heterocycles. The number of anilines is 1. The number of amides is 1. The molecule has 0 unspecified atom stereocenters. The second kappa shape index (κ2) is 7.84. The van der Waals surface area contributed by atoms with Crippen molar-refractivity contribution in [2.75, 3.05) is 5.32 Å². The van der Waals surface area contributed by atoms with Gasteiger partial charge in [0.15, 0.2) is 5.13 Å². The Balaban J connectivity index is 1.43. The fourth-order valence-corrected chi connectivity index (χ4v) is 4.64. The molecule has 6 nitrogen and oxygen atoms in total. The van der Waals surface area contributed by atoms with Crippen molar-refractivity contribution in [3.8, 4) is 11.3 Å². The zero-order chi connectivity index (χ0) is 20.5. The zero-order valence-corrected chi connectivity index (χ0v) is 17.4. The fourth-order valence-electron chi connectivity index (χ4n) is 2.92. The van der Waals surface area contributed by atoms with Crippen LogP contribution < -0.4 is 10.9 Å². The van der Waals surface area contributed by atoms with Crippen LogP contribution >= 0.6 is 22.7 Å². The summed E-state index contributed by atoms with van der Waals surface area (Å²) in [6.07, 6.45) is 1.62. The van der Waals surface area contributed by atoms with Crippen LogP contribution in [0.4, 0.5) is 9.52 Å². The van der Waals surface area contributed by atoms with E-state index in [2.05, 4.69) is 15.3 Å². The maximum Gasteiger partial charge on any atom is 0.262 e. The highest BCUT2D eigenvalue weighted by Gasteiger charge is 2.13. The lowest BCUT2D eigenvalue weighted by molar-refractivity contribution is -0.116. The maximum absolute atomic E-state index is 13.0. The van der Waals surface area contributed by atoms with Gasteiger partial charge in [0.2, 0.25) is 5.91 Å². The summed E-state index contributed by atoms with van der Waals surface area (Å²) < 4.78 is 14.5. The van der Waals surface area contributed by atoms with Crippen molar-refractivity contribution in [2.24, 2.45) is 0 Å². The number of aromatic nitrogens is 3. The van der Waals surface area contributed by atoms with Gasteiger partial charge in [-0.2, -0.15) is 0 Å². The quantitative estimate of drug-likeness (QED) is 0.512. The number of thiophene rings is 1. The van der Waals surface area contributed by atoms with Crippen LogP contribution in [0.2, 0.25) is 0 Å². The molecule has 0 radical (unpaired) electrons. The molecular weight excluding hydrogens is 411 g/mol. The minimum atomic E-state index is -0.312. The third-order valence-corrected chi connectivity index (χ3v) is 6.50. The molecule has 0 atom stereocenters. The van der Waals surface area contributed by atoms with E-state index >= 15 is 0 Å². The summed E-state index contributed by atoms with van der Waals surface area (Å²) in [7, 11) is 0. The molecule has 3 heterocycles. The molecule has 1 N–H and O–H groups in total. The lowest BCUT2D eigenvalue weighted by Crippen LogP contribution is -2.23. The van der Waals surface area contributed by atoms with E-state index in [1.54, 1.807) is 17.5 Å². The first-order valence-electron chi connectivity index (χ1n) is 8.89. The van der Waals surface area contributed by atoms with Crippen molar-refractivity contribution in [3.63, 3.8) is 0 Å². The molecule has 4 aromatic rings. The first kappa shape index (κ1) is 19.4. The summed E-state index contributed by atoms with van der Waals surface area (Å²) in [6.45, 7) is 4.11. The van der Waals surface area contributed by atoms with E-state index in [0.29, 0.717) is 16.2 Å². The molecule has 9 heteroatoms. The Hall–Kier alpha value is -2.91. The molecule has 0 bridgehead atoms. The lowest BCUT2D eigenvalue weighted by atomic mass is 10.2. The molecular formula is C20H17FN4O2S2. The van der Waals surface area contributed by atoms with Gasteiger partial charge in [0.25, 0.3) is 5.56 Å². The van der Waals surface area contributed by atoms with Crippen LogP contribution in [0.1, 0.15) is 16.9 Å². The smallest absolute Gasteiger partial charge is 0.262 e. The highest BCUT2D eigenvalue weighted by Crippen LogP contribution is 2.26. The van der Waals surface area contributed by atoms with E-state index in [0.717, 1.165) is 20.8 Å². The second-order valence-corrected chi connectivity index (χ2v) is 8.61. The van der Waals surface area contributed by atoms with Gasteiger partial charge in [-0.3, -0.25) is 14.2 Å². The van der Waals surface area contributed by atoms with Crippen molar-refractivity contribution in [1.29, 1.82) is 0 Å². The van der Waals surface area contributed by atoms with E-state index in [1.165, 1.54) is 45.7 Å². The van der Waals surface area contributed by atoms with E-state index in [1.807, 2.05) is 13.8 Å². The molecule has 148 valence electrons. The first-order chi connectivity index (χ1) is 13.9. The van der Waals surface area contributed by atoms with E-state index in [9.17, 15) is 14.0 Å². The first-order valence-corrected chi connectivity index (χ1v) is 10.6. The topological polar surface area (TPSA) is 76.9 Å². The normalized spacial score (nSPS) is 11.1. The number of hydrogen-bond acceptors (Lipinski definition) is 6. The number of halogens is 1. The van der Waals surface area contributed by atoms with Gasteiger partial charge in [-0.15, -0.1) is 22.7 Å². The summed E-state index contributed by atoms with van der Waals surface area (Å²) >= 11 is 2.79. The molecule has 0 saturated carbocycles. The third-order valence-electron chi connectivity index (χ3n) is 4.63. The van der Waals surface area contributed by atoms with E-state index in [4.69, 9.17) is 0 Å². The predicted molar refractivity (Wildman–Crippen MR) is 114 cm³/mol. The van der Waals surface area contributed by atoms with Crippen LogP contribution in [-0.4, -0.2) is 20.4 Å². The van der Waals surface area contributed by atoms with E-state index < -0.39 is 0 Å². The Morgan fingerprint density at radius 1 is 1.24 bits per heavy atom. The Bertz CT molecular complexity index is 1260. The minimum Gasteiger partial charge on any atom is -0.302 e. The molecule has 0 aliphatic heterocycles. The number of rotatable bonds is 5. The van der Waals surface area contributed by atoms with Gasteiger partial charge in [-0.25, -0.2) is 14.4 Å². The van der Waals surface area contributed by atoms with Gasteiger partial charge in [0.05, 0.1) is 17.4 Å². The maximum atomic E-state index is 13.0. The van der Waals surface area contributed by atoms with Crippen molar-refractivity contribution in [1.82, 2.24) is 14.5 Å². The molecule has 3 aromatic heterocycles. The summed E-state index contributed by atoms with van der Waals surface area (Å²) in [5.74, 6) is -0.552. The molecule has 29 heavy (non-hydrogen) atoms. The summed E-state index contributed by atoms with van der Waals surface area (Å²) in [6, 6.07) is 6.01. The number of thiazole rings is 1. The second-order valence-electron chi connectivity index (χ2n) is 6.55. The fraction of sp³-hybridized carbons (Fsp3) is 0.200. The average Bonchev–Trinajstić information content (AvgIpc) is 3.27. The van der Waals surface area contributed by atoms with Gasteiger partial charge in [0, 0.05) is 28.8 Å². The molecule has 4 rings (SSSR count). The Morgan fingerprint density at radius 2 is 2.00 bits per heavy atom. The van der Waals surface area contributed by atoms with Gasteiger partial charge in [0.1, 0.15) is 10.6 Å². The van der Waals surface area contributed by atoms with Gasteiger partial charge >= 0.3 is 0 Å². The number of aryl methyl sites for hydroxylation is 3. The number of nitrogens with zero attached hydrogens (tertiary/aromatic N) is 3. The Morgan fingerprint density at radius 3 is 2.76 bits per heavy atom. The van der Waals surface area contributed by atoms with Crippen molar-refractivity contribution in [3.05, 3.63) is 62.6 Å². The highest BCUT2D eigenvalue weighted by atomic mass is 32.1. The van der Waals surface area contributed by atoms with Gasteiger partial charge in [-0.05, 0) is 43.7 Å². The monoisotopic (exact) mass is 428 g/mol. The molecule has 1 aromatic carbocycles. The number of fused-ring (bicyclic) bond motifs is 1. The zero-order valence-electron chi connectivity index (χ0n) is 15.7. The summed E-state index contributed by atoms with van der Waals surface area (Å²) in [4.78, 5) is 35.5. The van der Waals surface area contributed by atoms with Gasteiger partial charge in [-0.1, -0.05) is 0 Å². The van der Waals surface area contributed by atoms with Crippen LogP contribution in [0.15, 0.2) is 40.8 Å². The predicted octanol–water partition coefficient (Wildman–Crippen LogP) is 4.37. The van der Waals surface area contributed by atoms with Crippen LogP contribution in [0.3, 0.4) is 0 Å². The molecule has 0 spiro atoms. The number of carbonyl (C=O) groups is 1. The molecule has 0 aliphatic rings. The van der Waals surface area contributed by atoms with E-state index in [-0.39, 0.29) is 30.2 Å². The van der Waals surface area contributed by atoms with Crippen LogP contribution in [0, 0.1) is 19.7 Å². The number of nitrogens with one attached hydrogen (secondary N) is 1.